The summed E-state index contributed by atoms with van der Waals surface area (Å²) in [6.45, 7) is 3.06. The fourth-order valence-electron chi connectivity index (χ4n) is 4.84. The van der Waals surface area contributed by atoms with E-state index >= 15 is 0 Å². The Labute approximate surface area is 189 Å². The van der Waals surface area contributed by atoms with Crippen LogP contribution in [0.4, 0.5) is 5.69 Å². The number of Topliss-reactive ketones (excluding diaryl/α,β-unsaturated/α-hetero) is 1. The Balaban J connectivity index is 1.42. The van der Waals surface area contributed by atoms with E-state index in [2.05, 4.69) is 40.5 Å². The summed E-state index contributed by atoms with van der Waals surface area (Å²) in [5.41, 5.74) is 6.66. The van der Waals surface area contributed by atoms with E-state index in [4.69, 9.17) is 0 Å². The summed E-state index contributed by atoms with van der Waals surface area (Å²) in [5.74, 6) is 0.0158. The van der Waals surface area contributed by atoms with Crippen molar-refractivity contribution in [2.45, 2.75) is 38.6 Å². The molecule has 1 heterocycles. The number of nitrogens with one attached hydrogen (secondary N) is 1. The molecule has 4 nitrogen and oxygen atoms in total. The number of ketones is 1. The van der Waals surface area contributed by atoms with Gasteiger partial charge in [-0.25, -0.2) is 0 Å². The van der Waals surface area contributed by atoms with Gasteiger partial charge in [0.1, 0.15) is 0 Å². The zero-order valence-electron chi connectivity index (χ0n) is 18.3. The third-order valence-corrected chi connectivity index (χ3v) is 6.58. The molecule has 3 aromatic carbocycles. The monoisotopic (exact) mass is 424 g/mol. The lowest BCUT2D eigenvalue weighted by Crippen LogP contribution is -2.29. The van der Waals surface area contributed by atoms with Crippen LogP contribution in [0, 0.1) is 0 Å². The number of aryl methyl sites for hydroxylation is 1. The van der Waals surface area contributed by atoms with Crippen LogP contribution >= 0.6 is 0 Å². The molecule has 0 unspecified atom stereocenters. The molecule has 5 rings (SSSR count). The molecule has 1 amide bonds. The number of piperidine rings is 1. The van der Waals surface area contributed by atoms with Crippen LogP contribution in [0.15, 0.2) is 66.7 Å². The summed E-state index contributed by atoms with van der Waals surface area (Å²) < 4.78 is 0. The van der Waals surface area contributed by atoms with Crippen LogP contribution in [0.2, 0.25) is 0 Å². The molecule has 1 aliphatic carbocycles. The van der Waals surface area contributed by atoms with Gasteiger partial charge in [0.05, 0.1) is 0 Å². The zero-order valence-corrected chi connectivity index (χ0v) is 18.3. The van der Waals surface area contributed by atoms with Gasteiger partial charge in [-0.05, 0) is 78.9 Å². The van der Waals surface area contributed by atoms with Crippen molar-refractivity contribution >= 4 is 17.4 Å². The molecule has 32 heavy (non-hydrogen) atoms. The Hall–Kier alpha value is -3.24. The van der Waals surface area contributed by atoms with Crippen molar-refractivity contribution in [2.75, 3.05) is 18.4 Å². The number of carbonyl (C=O) groups excluding carboxylic acids is 2. The summed E-state index contributed by atoms with van der Waals surface area (Å²) in [7, 11) is 0. The SMILES string of the molecule is O=C(Nc1ccc2c(c1)C(=O)CC2)c1ccc(-c2ccccc2)c(CN2CCCCC2)c1. The van der Waals surface area contributed by atoms with Gasteiger partial charge in [-0.1, -0.05) is 48.9 Å². The maximum Gasteiger partial charge on any atom is 0.255 e. The highest BCUT2D eigenvalue weighted by Gasteiger charge is 2.20. The molecule has 2 aliphatic rings. The van der Waals surface area contributed by atoms with Gasteiger partial charge in [-0.3, -0.25) is 14.5 Å². The third kappa shape index (κ3) is 4.37. The number of benzene rings is 3. The number of hydrogen-bond donors (Lipinski definition) is 1. The minimum Gasteiger partial charge on any atom is -0.322 e. The number of amides is 1. The van der Waals surface area contributed by atoms with Crippen LogP contribution < -0.4 is 5.32 Å². The maximum atomic E-state index is 13.1. The first-order chi connectivity index (χ1) is 15.7. The summed E-state index contributed by atoms with van der Waals surface area (Å²) in [5, 5.41) is 2.99. The number of carbonyl (C=O) groups is 2. The van der Waals surface area contributed by atoms with E-state index in [0.29, 0.717) is 17.7 Å². The molecular formula is C28H28N2O2. The lowest BCUT2D eigenvalue weighted by Gasteiger charge is -2.27. The fourth-order valence-corrected chi connectivity index (χ4v) is 4.84. The average Bonchev–Trinajstić information content (AvgIpc) is 3.20. The summed E-state index contributed by atoms with van der Waals surface area (Å²) >= 11 is 0. The van der Waals surface area contributed by atoms with Gasteiger partial charge in [0.2, 0.25) is 0 Å². The molecule has 0 saturated carbocycles. The number of likely N-dealkylation sites (tertiary alicyclic amines) is 1. The number of rotatable bonds is 5. The van der Waals surface area contributed by atoms with Crippen LogP contribution in [-0.2, 0) is 13.0 Å². The molecule has 0 bridgehead atoms. The lowest BCUT2D eigenvalue weighted by atomic mass is 9.96. The predicted octanol–water partition coefficient (Wildman–Crippen LogP) is 5.72. The molecule has 1 fully saturated rings. The second-order valence-corrected chi connectivity index (χ2v) is 8.82. The largest absolute Gasteiger partial charge is 0.322 e. The van der Waals surface area contributed by atoms with Gasteiger partial charge in [0.25, 0.3) is 5.91 Å². The van der Waals surface area contributed by atoms with Crippen LogP contribution in [-0.4, -0.2) is 29.7 Å². The Bertz CT molecular complexity index is 1150. The van der Waals surface area contributed by atoms with Gasteiger partial charge in [0, 0.05) is 29.8 Å². The smallest absolute Gasteiger partial charge is 0.255 e. The Morgan fingerprint density at radius 3 is 2.47 bits per heavy atom. The van der Waals surface area contributed by atoms with Crippen molar-refractivity contribution in [3.63, 3.8) is 0 Å². The molecular weight excluding hydrogens is 396 g/mol. The zero-order chi connectivity index (χ0) is 21.9. The number of fused-ring (bicyclic) bond motifs is 1. The number of nitrogens with zero attached hydrogens (tertiary/aromatic N) is 1. The average molecular weight is 425 g/mol. The van der Waals surface area contributed by atoms with E-state index in [1.165, 1.54) is 36.0 Å². The van der Waals surface area contributed by atoms with E-state index in [0.717, 1.165) is 37.2 Å². The second-order valence-electron chi connectivity index (χ2n) is 8.82. The molecule has 0 atom stereocenters. The normalized spacial score (nSPS) is 16.1. The fraction of sp³-hybridized carbons (Fsp3) is 0.286. The highest BCUT2D eigenvalue weighted by Crippen LogP contribution is 2.28. The molecule has 4 heteroatoms. The molecule has 3 aromatic rings. The number of anilines is 1. The third-order valence-electron chi connectivity index (χ3n) is 6.58. The standard InChI is InChI=1S/C28H28N2O2/c31-27-14-11-21-9-12-24(18-26(21)27)29-28(32)22-10-13-25(20-7-3-1-4-8-20)23(17-22)19-30-15-5-2-6-16-30/h1,3-4,7-10,12-13,17-18H,2,5-6,11,14-16,19H2,(H,29,32). The Morgan fingerprint density at radius 1 is 0.844 bits per heavy atom. The van der Waals surface area contributed by atoms with E-state index in [9.17, 15) is 9.59 Å². The minimum absolute atomic E-state index is 0.144. The predicted molar refractivity (Wildman–Crippen MR) is 128 cm³/mol. The quantitative estimate of drug-likeness (QED) is 0.570. The second kappa shape index (κ2) is 9.09. The van der Waals surface area contributed by atoms with Crippen LogP contribution in [0.3, 0.4) is 0 Å². The van der Waals surface area contributed by atoms with Gasteiger partial charge in [0.15, 0.2) is 5.78 Å². The first-order valence-electron chi connectivity index (χ1n) is 11.6. The Morgan fingerprint density at radius 2 is 1.66 bits per heavy atom. The first-order valence-corrected chi connectivity index (χ1v) is 11.6. The summed E-state index contributed by atoms with van der Waals surface area (Å²) in [6.07, 6.45) is 5.13. The maximum absolute atomic E-state index is 13.1. The molecule has 0 aromatic heterocycles. The van der Waals surface area contributed by atoms with Gasteiger partial charge in [-0.15, -0.1) is 0 Å². The van der Waals surface area contributed by atoms with Crippen LogP contribution in [0.1, 0.15) is 57.5 Å². The molecule has 162 valence electrons. The van der Waals surface area contributed by atoms with Gasteiger partial charge >= 0.3 is 0 Å². The van der Waals surface area contributed by atoms with Crippen LogP contribution in [0.25, 0.3) is 11.1 Å². The highest BCUT2D eigenvalue weighted by atomic mass is 16.1. The highest BCUT2D eigenvalue weighted by molar-refractivity contribution is 6.06. The van der Waals surface area contributed by atoms with Gasteiger partial charge in [-0.2, -0.15) is 0 Å². The van der Waals surface area contributed by atoms with Crippen molar-refractivity contribution in [3.05, 3.63) is 89.0 Å². The topological polar surface area (TPSA) is 49.4 Å². The van der Waals surface area contributed by atoms with Crippen molar-refractivity contribution in [2.24, 2.45) is 0 Å². The summed E-state index contributed by atoms with van der Waals surface area (Å²) in [6, 6.07) is 22.0. The van der Waals surface area contributed by atoms with Crippen molar-refractivity contribution in [3.8, 4) is 11.1 Å². The van der Waals surface area contributed by atoms with Crippen molar-refractivity contribution < 1.29 is 9.59 Å². The first kappa shape index (κ1) is 20.7. The van der Waals surface area contributed by atoms with Gasteiger partial charge < -0.3 is 5.32 Å². The van der Waals surface area contributed by atoms with E-state index in [1.54, 1.807) is 0 Å². The minimum atomic E-state index is -0.144. The number of hydrogen-bond acceptors (Lipinski definition) is 3. The lowest BCUT2D eigenvalue weighted by molar-refractivity contribution is 0.0991. The van der Waals surface area contributed by atoms with E-state index in [1.807, 2.05) is 36.4 Å². The van der Waals surface area contributed by atoms with Crippen LogP contribution in [0.5, 0.6) is 0 Å². The van der Waals surface area contributed by atoms with E-state index in [-0.39, 0.29) is 11.7 Å². The molecule has 1 saturated heterocycles. The molecule has 1 aliphatic heterocycles. The molecule has 0 radical (unpaired) electrons. The molecule has 0 spiro atoms. The van der Waals surface area contributed by atoms with Crippen molar-refractivity contribution in [1.82, 2.24) is 4.90 Å². The molecule has 1 N–H and O–H groups in total. The van der Waals surface area contributed by atoms with Crippen molar-refractivity contribution in [1.29, 1.82) is 0 Å². The van der Waals surface area contributed by atoms with E-state index < -0.39 is 0 Å². The summed E-state index contributed by atoms with van der Waals surface area (Å²) in [4.78, 5) is 27.6. The Kier molecular flexibility index (Phi) is 5.87.